The van der Waals surface area contributed by atoms with Crippen molar-refractivity contribution in [1.82, 2.24) is 9.97 Å². The molecule has 21 heavy (non-hydrogen) atoms. The van der Waals surface area contributed by atoms with Gasteiger partial charge in [0.1, 0.15) is 11.4 Å². The maximum Gasteiger partial charge on any atom is 0.276 e. The number of carboxylic acids is 1. The summed E-state index contributed by atoms with van der Waals surface area (Å²) in [4.78, 5) is 30.2. The highest BCUT2D eigenvalue weighted by Gasteiger charge is 2.15. The number of carboxylic acid groups (broad SMARTS) is 1. The molecular formula is C13H9ClN3O4-. The molecule has 0 saturated heterocycles. The molecule has 0 bridgehead atoms. The third-order valence-electron chi connectivity index (χ3n) is 2.52. The number of carbonyl (C=O) groups is 2. The summed E-state index contributed by atoms with van der Waals surface area (Å²) >= 11 is 5.93. The fraction of sp³-hybridized carbons (Fsp3) is 0.0769. The predicted octanol–water partition coefficient (Wildman–Crippen LogP) is 0.754. The van der Waals surface area contributed by atoms with E-state index in [1.165, 1.54) is 19.4 Å². The van der Waals surface area contributed by atoms with Crippen LogP contribution in [-0.4, -0.2) is 29.0 Å². The Hall–Kier alpha value is -2.67. The molecule has 0 aliphatic heterocycles. The molecule has 0 aliphatic rings. The number of amides is 1. The van der Waals surface area contributed by atoms with Gasteiger partial charge < -0.3 is 20.0 Å². The highest BCUT2D eigenvalue weighted by molar-refractivity contribution is 6.32. The molecule has 1 amide bonds. The number of rotatable bonds is 4. The van der Waals surface area contributed by atoms with Crippen molar-refractivity contribution in [1.29, 1.82) is 0 Å². The average Bonchev–Trinajstić information content (AvgIpc) is 2.47. The van der Waals surface area contributed by atoms with E-state index in [1.807, 2.05) is 0 Å². The molecule has 0 saturated carbocycles. The van der Waals surface area contributed by atoms with Crippen LogP contribution in [0.5, 0.6) is 5.75 Å². The van der Waals surface area contributed by atoms with Crippen molar-refractivity contribution in [3.63, 3.8) is 0 Å². The summed E-state index contributed by atoms with van der Waals surface area (Å²) in [6, 6.07) is 4.58. The molecule has 0 unspecified atom stereocenters. The number of ether oxygens (including phenoxy) is 1. The number of hydrogen-bond acceptors (Lipinski definition) is 6. The van der Waals surface area contributed by atoms with Gasteiger partial charge in [0, 0.05) is 18.1 Å². The van der Waals surface area contributed by atoms with E-state index in [1.54, 1.807) is 12.1 Å². The number of anilines is 1. The largest absolute Gasteiger partial charge is 0.543 e. The number of carbonyl (C=O) groups excluding carboxylic acids is 2. The maximum atomic E-state index is 12.0. The van der Waals surface area contributed by atoms with Crippen LogP contribution in [0.1, 0.15) is 21.0 Å². The van der Waals surface area contributed by atoms with Crippen molar-refractivity contribution in [3.8, 4) is 5.75 Å². The molecule has 1 aromatic heterocycles. The number of nitrogens with zero attached hydrogens (tertiary/aromatic N) is 2. The molecule has 2 aromatic rings. The Morgan fingerprint density at radius 3 is 2.48 bits per heavy atom. The van der Waals surface area contributed by atoms with Crippen LogP contribution in [0.3, 0.4) is 0 Å². The summed E-state index contributed by atoms with van der Waals surface area (Å²) in [5.74, 6) is -1.87. The minimum absolute atomic E-state index is 0.301. The number of nitrogens with one attached hydrogen (secondary N) is 1. The minimum Gasteiger partial charge on any atom is -0.543 e. The van der Waals surface area contributed by atoms with Gasteiger partial charge in [0.05, 0.1) is 18.1 Å². The highest BCUT2D eigenvalue weighted by Crippen LogP contribution is 2.27. The SMILES string of the molecule is COc1ccc(NC(=O)c2nccnc2C(=O)[O-])cc1Cl. The van der Waals surface area contributed by atoms with Crippen molar-refractivity contribution < 1.29 is 19.4 Å². The fourth-order valence-electron chi connectivity index (χ4n) is 1.59. The van der Waals surface area contributed by atoms with E-state index >= 15 is 0 Å². The number of halogens is 1. The van der Waals surface area contributed by atoms with Gasteiger partial charge in [-0.15, -0.1) is 0 Å². The van der Waals surface area contributed by atoms with Crippen LogP contribution >= 0.6 is 11.6 Å². The number of aromatic carboxylic acids is 1. The van der Waals surface area contributed by atoms with Gasteiger partial charge in [-0.25, -0.2) is 4.98 Å². The van der Waals surface area contributed by atoms with Crippen LogP contribution in [0.4, 0.5) is 5.69 Å². The zero-order valence-electron chi connectivity index (χ0n) is 10.8. The smallest absolute Gasteiger partial charge is 0.276 e. The lowest BCUT2D eigenvalue weighted by Crippen LogP contribution is -2.28. The standard InChI is InChI=1S/C13H10ClN3O4/c1-21-9-3-2-7(6-8(9)14)17-12(18)10-11(13(19)20)16-5-4-15-10/h2-6H,1H3,(H,17,18)(H,19,20)/p-1. The van der Waals surface area contributed by atoms with Crippen LogP contribution in [-0.2, 0) is 0 Å². The van der Waals surface area contributed by atoms with E-state index in [-0.39, 0.29) is 5.69 Å². The van der Waals surface area contributed by atoms with E-state index in [0.717, 1.165) is 6.20 Å². The Morgan fingerprint density at radius 2 is 1.90 bits per heavy atom. The van der Waals surface area contributed by atoms with Gasteiger partial charge in [-0.1, -0.05) is 11.6 Å². The second-order valence-corrected chi connectivity index (χ2v) is 4.25. The molecule has 1 heterocycles. The van der Waals surface area contributed by atoms with Crippen molar-refractivity contribution >= 4 is 29.2 Å². The van der Waals surface area contributed by atoms with E-state index in [9.17, 15) is 14.7 Å². The molecule has 0 radical (unpaired) electrons. The van der Waals surface area contributed by atoms with Gasteiger partial charge in [-0.3, -0.25) is 9.78 Å². The zero-order valence-corrected chi connectivity index (χ0v) is 11.5. The van der Waals surface area contributed by atoms with Crippen LogP contribution in [0.2, 0.25) is 5.02 Å². The minimum atomic E-state index is -1.58. The second kappa shape index (κ2) is 6.19. The molecule has 7 nitrogen and oxygen atoms in total. The van der Waals surface area contributed by atoms with Crippen LogP contribution < -0.4 is 15.2 Å². The zero-order chi connectivity index (χ0) is 15.4. The van der Waals surface area contributed by atoms with E-state index < -0.39 is 17.6 Å². The van der Waals surface area contributed by atoms with Crippen molar-refractivity contribution in [2.45, 2.75) is 0 Å². The fourth-order valence-corrected chi connectivity index (χ4v) is 1.85. The third-order valence-corrected chi connectivity index (χ3v) is 2.81. The Kier molecular flexibility index (Phi) is 4.34. The molecule has 0 spiro atoms. The maximum absolute atomic E-state index is 12.0. The summed E-state index contributed by atoms with van der Waals surface area (Å²) in [7, 11) is 1.46. The van der Waals surface area contributed by atoms with E-state index in [4.69, 9.17) is 16.3 Å². The topological polar surface area (TPSA) is 104 Å². The summed E-state index contributed by atoms with van der Waals surface area (Å²) < 4.78 is 4.99. The predicted molar refractivity (Wildman–Crippen MR) is 72.3 cm³/mol. The Labute approximate surface area is 124 Å². The van der Waals surface area contributed by atoms with Crippen molar-refractivity contribution in [3.05, 3.63) is 47.0 Å². The van der Waals surface area contributed by atoms with Crippen molar-refractivity contribution in [2.24, 2.45) is 0 Å². The first-order valence-corrected chi connectivity index (χ1v) is 6.08. The highest BCUT2D eigenvalue weighted by atomic mass is 35.5. The van der Waals surface area contributed by atoms with Gasteiger partial charge in [0.25, 0.3) is 5.91 Å². The van der Waals surface area contributed by atoms with E-state index in [2.05, 4.69) is 15.3 Å². The lowest BCUT2D eigenvalue weighted by Gasteiger charge is -2.10. The second-order valence-electron chi connectivity index (χ2n) is 3.84. The first-order valence-electron chi connectivity index (χ1n) is 5.70. The Morgan fingerprint density at radius 1 is 1.24 bits per heavy atom. The summed E-state index contributed by atoms with van der Waals surface area (Å²) in [5, 5.41) is 13.7. The molecule has 0 atom stereocenters. The van der Waals surface area contributed by atoms with Crippen LogP contribution in [0.15, 0.2) is 30.6 Å². The van der Waals surface area contributed by atoms with Gasteiger partial charge in [-0.05, 0) is 18.2 Å². The summed E-state index contributed by atoms with van der Waals surface area (Å²) in [6.07, 6.45) is 2.37. The first kappa shape index (κ1) is 14.7. The molecular weight excluding hydrogens is 298 g/mol. The number of methoxy groups -OCH3 is 1. The number of hydrogen-bond donors (Lipinski definition) is 1. The molecule has 0 fully saturated rings. The number of benzene rings is 1. The van der Waals surface area contributed by atoms with Gasteiger partial charge in [0.15, 0.2) is 5.69 Å². The monoisotopic (exact) mass is 306 g/mol. The van der Waals surface area contributed by atoms with E-state index in [0.29, 0.717) is 16.5 Å². The normalized spacial score (nSPS) is 10.0. The van der Waals surface area contributed by atoms with Gasteiger partial charge in [-0.2, -0.15) is 0 Å². The lowest BCUT2D eigenvalue weighted by molar-refractivity contribution is -0.255. The Bertz CT molecular complexity index is 706. The molecule has 8 heteroatoms. The molecule has 2 rings (SSSR count). The molecule has 108 valence electrons. The lowest BCUT2D eigenvalue weighted by atomic mass is 10.2. The first-order chi connectivity index (χ1) is 10.0. The van der Waals surface area contributed by atoms with Gasteiger partial charge >= 0.3 is 0 Å². The molecule has 1 aromatic carbocycles. The van der Waals surface area contributed by atoms with Crippen LogP contribution in [0, 0.1) is 0 Å². The van der Waals surface area contributed by atoms with Gasteiger partial charge in [0.2, 0.25) is 0 Å². The average molecular weight is 307 g/mol. The molecule has 0 aliphatic carbocycles. The molecule has 1 N–H and O–H groups in total. The number of aromatic nitrogens is 2. The summed E-state index contributed by atoms with van der Waals surface area (Å²) in [5.41, 5.74) is -0.514. The quantitative estimate of drug-likeness (QED) is 0.894. The van der Waals surface area contributed by atoms with Crippen molar-refractivity contribution in [2.75, 3.05) is 12.4 Å². The Balaban J connectivity index is 2.26. The van der Waals surface area contributed by atoms with Crippen LogP contribution in [0.25, 0.3) is 0 Å². The third kappa shape index (κ3) is 3.26. The summed E-state index contributed by atoms with van der Waals surface area (Å²) in [6.45, 7) is 0.